The molecular formula is C19H21NO3S. The zero-order valence-corrected chi connectivity index (χ0v) is 14.3. The maximum atomic E-state index is 12.1. The van der Waals surface area contributed by atoms with Crippen LogP contribution in [0.4, 0.5) is 0 Å². The average molecular weight is 343 g/mol. The lowest BCUT2D eigenvalue weighted by atomic mass is 10.2. The number of ether oxygens (including phenoxy) is 1. The van der Waals surface area contributed by atoms with Gasteiger partial charge in [0.15, 0.2) is 0 Å². The van der Waals surface area contributed by atoms with Gasteiger partial charge in [0.2, 0.25) is 0 Å². The number of benzene rings is 2. The first-order valence-corrected chi connectivity index (χ1v) is 9.49. The molecule has 0 unspecified atom stereocenters. The van der Waals surface area contributed by atoms with Crippen LogP contribution in [0.1, 0.15) is 23.2 Å². The molecule has 2 aromatic carbocycles. The van der Waals surface area contributed by atoms with Gasteiger partial charge in [0, 0.05) is 22.8 Å². The topological polar surface area (TPSA) is 55.4 Å². The summed E-state index contributed by atoms with van der Waals surface area (Å²) in [6.07, 6.45) is 2.51. The van der Waals surface area contributed by atoms with Gasteiger partial charge in [-0.05, 0) is 55.2 Å². The van der Waals surface area contributed by atoms with Crippen LogP contribution in [-0.2, 0) is 10.8 Å². The van der Waals surface area contributed by atoms with E-state index < -0.39 is 10.8 Å². The van der Waals surface area contributed by atoms with Gasteiger partial charge in [0.1, 0.15) is 5.75 Å². The van der Waals surface area contributed by atoms with E-state index >= 15 is 0 Å². The van der Waals surface area contributed by atoms with Crippen LogP contribution in [0.25, 0.3) is 0 Å². The first-order valence-electron chi connectivity index (χ1n) is 8.17. The third-order valence-corrected chi connectivity index (χ3v) is 5.25. The van der Waals surface area contributed by atoms with Crippen LogP contribution in [-0.4, -0.2) is 29.0 Å². The Morgan fingerprint density at radius 3 is 2.46 bits per heavy atom. The highest BCUT2D eigenvalue weighted by atomic mass is 32.2. The Morgan fingerprint density at radius 2 is 1.79 bits per heavy atom. The molecule has 1 aliphatic carbocycles. The van der Waals surface area contributed by atoms with Crippen molar-refractivity contribution >= 4 is 16.7 Å². The molecule has 1 fully saturated rings. The van der Waals surface area contributed by atoms with E-state index in [0.717, 1.165) is 17.3 Å². The molecule has 24 heavy (non-hydrogen) atoms. The van der Waals surface area contributed by atoms with Crippen molar-refractivity contribution in [2.24, 2.45) is 5.92 Å². The maximum Gasteiger partial charge on any atom is 0.251 e. The Kier molecular flexibility index (Phi) is 5.64. The van der Waals surface area contributed by atoms with Gasteiger partial charge in [-0.25, -0.2) is 0 Å². The van der Waals surface area contributed by atoms with Crippen LogP contribution in [0.5, 0.6) is 5.75 Å². The smallest absolute Gasteiger partial charge is 0.251 e. The van der Waals surface area contributed by atoms with Gasteiger partial charge in [-0.2, -0.15) is 0 Å². The number of hydrogen-bond acceptors (Lipinski definition) is 3. The number of amides is 1. The number of carbonyl (C=O) groups is 1. The summed E-state index contributed by atoms with van der Waals surface area (Å²) < 4.78 is 17.7. The molecule has 1 amide bonds. The van der Waals surface area contributed by atoms with E-state index in [1.807, 2.05) is 42.5 Å². The zero-order valence-electron chi connectivity index (χ0n) is 13.4. The third kappa shape index (κ3) is 4.93. The first-order chi connectivity index (χ1) is 11.7. The Bertz CT molecular complexity index is 696. The van der Waals surface area contributed by atoms with Crippen molar-refractivity contribution in [3.05, 3.63) is 60.2 Å². The lowest BCUT2D eigenvalue weighted by Crippen LogP contribution is -2.27. The van der Waals surface area contributed by atoms with Crippen molar-refractivity contribution in [3.63, 3.8) is 0 Å². The predicted molar refractivity (Wildman–Crippen MR) is 94.7 cm³/mol. The first kappa shape index (κ1) is 16.7. The molecule has 1 atom stereocenters. The van der Waals surface area contributed by atoms with Crippen LogP contribution in [0.2, 0.25) is 0 Å². The lowest BCUT2D eigenvalue weighted by Gasteiger charge is -2.08. The second-order valence-electron chi connectivity index (χ2n) is 5.90. The highest BCUT2D eigenvalue weighted by Gasteiger charge is 2.21. The lowest BCUT2D eigenvalue weighted by molar-refractivity contribution is 0.0956. The van der Waals surface area contributed by atoms with Crippen molar-refractivity contribution < 1.29 is 13.7 Å². The Labute approximate surface area is 144 Å². The molecule has 0 aliphatic heterocycles. The molecule has 0 radical (unpaired) electrons. The van der Waals surface area contributed by atoms with Crippen molar-refractivity contribution in [1.82, 2.24) is 5.32 Å². The number of nitrogens with one attached hydrogen (secondary N) is 1. The molecule has 1 N–H and O–H groups in total. The molecule has 0 aromatic heterocycles. The van der Waals surface area contributed by atoms with E-state index in [1.165, 1.54) is 12.8 Å². The molecule has 1 saturated carbocycles. The standard InChI is InChI=1S/C19H21NO3S/c21-19(20-12-13-24(22)18-4-2-1-3-5-18)16-8-10-17(11-9-16)23-14-15-6-7-15/h1-5,8-11,15H,6-7,12-14H2,(H,20,21)/t24-/m0/s1. The van der Waals surface area contributed by atoms with Gasteiger partial charge in [0.05, 0.1) is 17.4 Å². The molecule has 3 rings (SSSR count). The van der Waals surface area contributed by atoms with Crippen molar-refractivity contribution in [2.45, 2.75) is 17.7 Å². The summed E-state index contributed by atoms with van der Waals surface area (Å²) in [4.78, 5) is 12.9. The normalized spacial score (nSPS) is 14.8. The van der Waals surface area contributed by atoms with Gasteiger partial charge in [-0.15, -0.1) is 0 Å². The molecule has 5 heteroatoms. The highest BCUT2D eigenvalue weighted by Crippen LogP contribution is 2.29. The van der Waals surface area contributed by atoms with Crippen LogP contribution in [0.15, 0.2) is 59.5 Å². The summed E-state index contributed by atoms with van der Waals surface area (Å²) in [5.41, 5.74) is 0.583. The van der Waals surface area contributed by atoms with Crippen molar-refractivity contribution in [2.75, 3.05) is 18.9 Å². The maximum absolute atomic E-state index is 12.1. The van der Waals surface area contributed by atoms with E-state index in [-0.39, 0.29) is 5.91 Å². The number of hydrogen-bond donors (Lipinski definition) is 1. The second-order valence-corrected chi connectivity index (χ2v) is 7.47. The monoisotopic (exact) mass is 343 g/mol. The molecule has 0 bridgehead atoms. The fourth-order valence-corrected chi connectivity index (χ4v) is 3.23. The van der Waals surface area contributed by atoms with E-state index in [2.05, 4.69) is 5.32 Å². The van der Waals surface area contributed by atoms with Crippen molar-refractivity contribution in [1.29, 1.82) is 0 Å². The fourth-order valence-electron chi connectivity index (χ4n) is 2.25. The minimum atomic E-state index is -1.10. The summed E-state index contributed by atoms with van der Waals surface area (Å²) in [5.74, 6) is 1.74. The molecule has 0 heterocycles. The second kappa shape index (κ2) is 8.11. The average Bonchev–Trinajstić information content (AvgIpc) is 3.45. The van der Waals surface area contributed by atoms with Gasteiger partial charge < -0.3 is 10.1 Å². The summed E-state index contributed by atoms with van der Waals surface area (Å²) in [7, 11) is -1.10. The highest BCUT2D eigenvalue weighted by molar-refractivity contribution is 7.85. The Hall–Kier alpha value is -2.14. The minimum Gasteiger partial charge on any atom is -0.493 e. The molecule has 2 aromatic rings. The SMILES string of the molecule is O=C(NCC[S@](=O)c1ccccc1)c1ccc(OCC2CC2)cc1. The summed E-state index contributed by atoms with van der Waals surface area (Å²) >= 11 is 0. The molecule has 4 nitrogen and oxygen atoms in total. The van der Waals surface area contributed by atoms with E-state index in [4.69, 9.17) is 4.74 Å². The molecule has 0 spiro atoms. The fraction of sp³-hybridized carbons (Fsp3) is 0.316. The van der Waals surface area contributed by atoms with Gasteiger partial charge in [-0.3, -0.25) is 9.00 Å². The van der Waals surface area contributed by atoms with E-state index in [1.54, 1.807) is 12.1 Å². The number of carbonyl (C=O) groups excluding carboxylic acids is 1. The summed E-state index contributed by atoms with van der Waals surface area (Å²) in [6.45, 7) is 1.14. The van der Waals surface area contributed by atoms with E-state index in [9.17, 15) is 9.00 Å². The largest absolute Gasteiger partial charge is 0.493 e. The zero-order chi connectivity index (χ0) is 16.8. The van der Waals surface area contributed by atoms with E-state index in [0.29, 0.717) is 23.8 Å². The van der Waals surface area contributed by atoms with Gasteiger partial charge >= 0.3 is 0 Å². The predicted octanol–water partition coefficient (Wildman–Crippen LogP) is 3.01. The minimum absolute atomic E-state index is 0.159. The Morgan fingerprint density at radius 1 is 1.08 bits per heavy atom. The van der Waals surface area contributed by atoms with Crippen LogP contribution in [0, 0.1) is 5.92 Å². The van der Waals surface area contributed by atoms with Crippen molar-refractivity contribution in [3.8, 4) is 5.75 Å². The Balaban J connectivity index is 1.43. The summed E-state index contributed by atoms with van der Waals surface area (Å²) in [6, 6.07) is 16.4. The summed E-state index contributed by atoms with van der Waals surface area (Å²) in [5, 5.41) is 2.81. The van der Waals surface area contributed by atoms with Crippen LogP contribution < -0.4 is 10.1 Å². The van der Waals surface area contributed by atoms with Crippen LogP contribution >= 0.6 is 0 Å². The van der Waals surface area contributed by atoms with Gasteiger partial charge in [-0.1, -0.05) is 18.2 Å². The molecular weight excluding hydrogens is 322 g/mol. The molecule has 1 aliphatic rings. The van der Waals surface area contributed by atoms with Crippen LogP contribution in [0.3, 0.4) is 0 Å². The van der Waals surface area contributed by atoms with Gasteiger partial charge in [0.25, 0.3) is 5.91 Å². The molecule has 0 saturated heterocycles. The third-order valence-electron chi connectivity index (χ3n) is 3.88. The molecule has 126 valence electrons. The number of rotatable bonds is 8. The quantitative estimate of drug-likeness (QED) is 0.802.